The summed E-state index contributed by atoms with van der Waals surface area (Å²) in [5, 5.41) is 14.6. The van der Waals surface area contributed by atoms with Crippen molar-refractivity contribution in [3.63, 3.8) is 0 Å². The summed E-state index contributed by atoms with van der Waals surface area (Å²) in [6.07, 6.45) is 0.0150. The van der Waals surface area contributed by atoms with Crippen LogP contribution in [0, 0.1) is 12.8 Å². The zero-order valence-corrected chi connectivity index (χ0v) is 27.7. The minimum absolute atomic E-state index is 0.0592. The minimum Gasteiger partial charge on any atom is -0.493 e. The second kappa shape index (κ2) is 13.6. The normalized spacial score (nSPS) is 18.8. The number of benzene rings is 1. The molecular weight excluding hydrogens is 619 g/mol. The molecule has 0 radical (unpaired) electrons. The third-order valence-corrected chi connectivity index (χ3v) is 10.4. The van der Waals surface area contributed by atoms with Crippen LogP contribution >= 0.6 is 0 Å². The lowest BCUT2D eigenvalue weighted by atomic mass is 9.91. The molecule has 1 aromatic carbocycles. The van der Waals surface area contributed by atoms with E-state index in [2.05, 4.69) is 40.2 Å². The third kappa shape index (κ3) is 8.19. The van der Waals surface area contributed by atoms with Crippen molar-refractivity contribution in [2.75, 3.05) is 13.2 Å². The minimum atomic E-state index is -4.59. The van der Waals surface area contributed by atoms with Crippen molar-refractivity contribution >= 4 is 31.1 Å². The second-order valence-electron chi connectivity index (χ2n) is 13.6. The van der Waals surface area contributed by atoms with Gasteiger partial charge in [0.25, 0.3) is 5.91 Å². The topological polar surface area (TPSA) is 128 Å². The number of hydrogen-bond donors (Lipinski definition) is 3. The maximum absolute atomic E-state index is 13.9. The molecule has 2 aliphatic rings. The predicted molar refractivity (Wildman–Crippen MR) is 170 cm³/mol. The lowest BCUT2D eigenvalue weighted by Gasteiger charge is -2.28. The van der Waals surface area contributed by atoms with E-state index < -0.39 is 25.9 Å². The number of fused-ring (bicyclic) bond motifs is 1. The van der Waals surface area contributed by atoms with Gasteiger partial charge >= 0.3 is 12.3 Å². The monoisotopic (exact) mass is 661 g/mol. The molecule has 0 spiro atoms. The predicted octanol–water partition coefficient (Wildman–Crippen LogP) is 6.84. The van der Waals surface area contributed by atoms with E-state index in [1.807, 2.05) is 0 Å². The maximum Gasteiger partial charge on any atom is 0.416 e. The number of carboxylic acid groups (broad SMARTS) is 1. The molecular formula is C32H42F3N5O5Si. The van der Waals surface area contributed by atoms with Gasteiger partial charge in [0.15, 0.2) is 0 Å². The molecule has 14 heteroatoms. The second-order valence-corrected chi connectivity index (χ2v) is 19.2. The molecule has 2 amide bonds. The van der Waals surface area contributed by atoms with Gasteiger partial charge in [-0.3, -0.25) is 4.79 Å². The fourth-order valence-corrected chi connectivity index (χ4v) is 6.54. The van der Waals surface area contributed by atoms with Crippen LogP contribution in [0.5, 0.6) is 5.75 Å². The number of alkyl halides is 3. The number of halogens is 3. The molecule has 2 aromatic heterocycles. The number of aromatic nitrogens is 3. The Balaban J connectivity index is 1.54. The highest BCUT2D eigenvalue weighted by atomic mass is 28.3. The van der Waals surface area contributed by atoms with Gasteiger partial charge in [0.1, 0.15) is 30.0 Å². The highest BCUT2D eigenvalue weighted by Crippen LogP contribution is 2.41. The molecule has 2 saturated carbocycles. The summed E-state index contributed by atoms with van der Waals surface area (Å²) in [5.74, 6) is 0.288. The van der Waals surface area contributed by atoms with Crippen LogP contribution in [0.25, 0.3) is 22.3 Å². The van der Waals surface area contributed by atoms with Crippen LogP contribution < -0.4 is 15.4 Å². The summed E-state index contributed by atoms with van der Waals surface area (Å²) in [4.78, 5) is 33.9. The third-order valence-electron chi connectivity index (χ3n) is 8.66. The van der Waals surface area contributed by atoms with Crippen molar-refractivity contribution in [3.8, 4) is 17.0 Å². The van der Waals surface area contributed by atoms with Gasteiger partial charge in [-0.25, -0.2) is 14.8 Å². The van der Waals surface area contributed by atoms with Crippen molar-refractivity contribution in [1.82, 2.24) is 25.2 Å². The Morgan fingerprint density at radius 3 is 2.33 bits per heavy atom. The molecule has 2 aliphatic carbocycles. The first-order valence-corrected chi connectivity index (χ1v) is 19.5. The maximum atomic E-state index is 13.9. The van der Waals surface area contributed by atoms with E-state index in [0.717, 1.165) is 31.0 Å². The van der Waals surface area contributed by atoms with E-state index in [4.69, 9.17) is 14.6 Å². The molecule has 46 heavy (non-hydrogen) atoms. The van der Waals surface area contributed by atoms with Crippen LogP contribution in [-0.2, 0) is 17.6 Å². The summed E-state index contributed by atoms with van der Waals surface area (Å²) in [7, 11) is -1.41. The molecule has 0 aliphatic heterocycles. The summed E-state index contributed by atoms with van der Waals surface area (Å²) in [5.41, 5.74) is 1.10. The molecule has 3 N–H and O–H groups in total. The van der Waals surface area contributed by atoms with Crippen LogP contribution in [-0.4, -0.2) is 65.0 Å². The van der Waals surface area contributed by atoms with E-state index in [1.165, 1.54) is 12.4 Å². The molecule has 2 heterocycles. The number of hydrogen-bond acceptors (Lipinski definition) is 6. The van der Waals surface area contributed by atoms with Crippen molar-refractivity contribution in [3.05, 3.63) is 41.3 Å². The van der Waals surface area contributed by atoms with E-state index in [1.54, 1.807) is 11.5 Å². The number of nitrogens with zero attached hydrogens (tertiary/aromatic N) is 3. The summed E-state index contributed by atoms with van der Waals surface area (Å²) in [6, 6.07) is 3.97. The van der Waals surface area contributed by atoms with Gasteiger partial charge in [0.2, 0.25) is 0 Å². The molecule has 0 atom stereocenters. The number of ether oxygens (including phenoxy) is 2. The quantitative estimate of drug-likeness (QED) is 0.143. The molecule has 0 bridgehead atoms. The van der Waals surface area contributed by atoms with Crippen molar-refractivity contribution < 1.29 is 37.3 Å². The molecule has 5 rings (SSSR count). The van der Waals surface area contributed by atoms with Crippen LogP contribution in [0.15, 0.2) is 24.5 Å². The first-order chi connectivity index (χ1) is 21.7. The zero-order valence-electron chi connectivity index (χ0n) is 26.7. The molecule has 3 aromatic rings. The summed E-state index contributed by atoms with van der Waals surface area (Å²) >= 11 is 0. The Labute approximate surface area is 267 Å². The van der Waals surface area contributed by atoms with Crippen LogP contribution in [0.3, 0.4) is 0 Å². The molecule has 10 nitrogen and oxygen atoms in total. The lowest BCUT2D eigenvalue weighted by molar-refractivity contribution is -0.137. The average molecular weight is 662 g/mol. The number of carbonyl (C=O) groups is 2. The number of rotatable bonds is 12. The van der Waals surface area contributed by atoms with Crippen molar-refractivity contribution in [1.29, 1.82) is 0 Å². The summed E-state index contributed by atoms with van der Waals surface area (Å²) < 4.78 is 55.7. The summed E-state index contributed by atoms with van der Waals surface area (Å²) in [6.45, 7) is 9.43. The Morgan fingerprint density at radius 2 is 1.72 bits per heavy atom. The lowest BCUT2D eigenvalue weighted by Crippen LogP contribution is -2.43. The Kier molecular flexibility index (Phi) is 9.97. The SMILES string of the molecule is Cc1c(C(=O)N[C@H]2CC[C@@H](NC(=O)O)CC2)c2ncnc(-c3cc(C(F)(F)F)ccc3OCC3CC3)c2n1COCC[Si](C)(C)C. The first kappa shape index (κ1) is 33.7. The van der Waals surface area contributed by atoms with E-state index >= 15 is 0 Å². The van der Waals surface area contributed by atoms with Gasteiger partial charge in [-0.2, -0.15) is 13.2 Å². The van der Waals surface area contributed by atoms with Crippen molar-refractivity contribution in [2.45, 2.75) is 96.1 Å². The van der Waals surface area contributed by atoms with E-state index in [0.29, 0.717) is 67.1 Å². The molecule has 250 valence electrons. The van der Waals surface area contributed by atoms with Gasteiger partial charge in [0, 0.05) is 38.0 Å². The van der Waals surface area contributed by atoms with Gasteiger partial charge in [-0.1, -0.05) is 19.6 Å². The van der Waals surface area contributed by atoms with E-state index in [-0.39, 0.29) is 41.7 Å². The Morgan fingerprint density at radius 1 is 1.04 bits per heavy atom. The highest BCUT2D eigenvalue weighted by Gasteiger charge is 2.34. The Hall–Kier alpha value is -3.65. The van der Waals surface area contributed by atoms with Crippen LogP contribution in [0.1, 0.15) is 60.1 Å². The van der Waals surface area contributed by atoms with Gasteiger partial charge in [0.05, 0.1) is 23.3 Å². The highest BCUT2D eigenvalue weighted by molar-refractivity contribution is 6.76. The molecule has 0 saturated heterocycles. The first-order valence-electron chi connectivity index (χ1n) is 15.8. The average Bonchev–Trinajstić information content (AvgIpc) is 3.76. The van der Waals surface area contributed by atoms with Gasteiger partial charge in [-0.05, 0) is 75.6 Å². The van der Waals surface area contributed by atoms with E-state index in [9.17, 15) is 22.8 Å². The standard InChI is InChI=1S/C32H42F3N5O5Si/c1-19-26(30(41)38-22-8-10-23(11-9-22)39-31(42)43)28-29(40(19)18-44-13-14-46(2,3)4)27(36-17-37-28)24-15-21(32(33,34)35)7-12-25(24)45-16-20-5-6-20/h7,12,15,17,20,22-23,39H,5-6,8-11,13-14,16,18H2,1-4H3,(H,38,41)(H,42,43)/t22-,23+. The molecule has 0 unspecified atom stereocenters. The largest absolute Gasteiger partial charge is 0.493 e. The number of nitrogens with one attached hydrogen (secondary N) is 2. The zero-order chi connectivity index (χ0) is 33.2. The fraction of sp³-hybridized carbons (Fsp3) is 0.562. The smallest absolute Gasteiger partial charge is 0.416 e. The number of amides is 2. The Bertz CT molecular complexity index is 1580. The molecule has 2 fully saturated rings. The van der Waals surface area contributed by atoms with Crippen LogP contribution in [0.4, 0.5) is 18.0 Å². The van der Waals surface area contributed by atoms with Crippen molar-refractivity contribution in [2.24, 2.45) is 5.92 Å². The van der Waals surface area contributed by atoms with Gasteiger partial charge in [-0.15, -0.1) is 0 Å². The fourth-order valence-electron chi connectivity index (χ4n) is 5.78. The van der Waals surface area contributed by atoms with Gasteiger partial charge < -0.3 is 29.8 Å². The number of carbonyl (C=O) groups excluding carboxylic acids is 1. The van der Waals surface area contributed by atoms with Crippen LogP contribution in [0.2, 0.25) is 25.7 Å².